The lowest BCUT2D eigenvalue weighted by Crippen LogP contribution is -2.59. The normalized spacial score (nSPS) is 16.5. The summed E-state index contributed by atoms with van der Waals surface area (Å²) >= 11 is 0. The Morgan fingerprint density at radius 2 is 2.21 bits per heavy atom. The van der Waals surface area contributed by atoms with E-state index in [0.29, 0.717) is 19.6 Å². The Morgan fingerprint density at radius 3 is 2.79 bits per heavy atom. The van der Waals surface area contributed by atoms with Crippen molar-refractivity contribution in [3.63, 3.8) is 0 Å². The van der Waals surface area contributed by atoms with E-state index in [9.17, 15) is 9.59 Å². The number of carbonyl (C=O) groups excluding carboxylic acids is 2. The average molecular weight is 263 g/mol. The largest absolute Gasteiger partial charge is 0.377 e. The second-order valence-corrected chi connectivity index (χ2v) is 4.86. The first-order valence-corrected chi connectivity index (χ1v) is 6.16. The van der Waals surface area contributed by atoms with Gasteiger partial charge >= 0.3 is 0 Å². The minimum absolute atomic E-state index is 0.117. The molecule has 0 unspecified atom stereocenters. The number of nitrogens with two attached hydrogens (primary N) is 1. The molecule has 2 amide bonds. The Balaban J connectivity index is 1.70. The molecule has 1 aromatic heterocycles. The van der Waals surface area contributed by atoms with Crippen LogP contribution in [0.2, 0.25) is 0 Å². The van der Waals surface area contributed by atoms with Crippen LogP contribution in [0.15, 0.2) is 24.5 Å². The number of aromatic nitrogens is 1. The molecule has 1 aliphatic rings. The summed E-state index contributed by atoms with van der Waals surface area (Å²) in [5.41, 5.74) is 6.20. The van der Waals surface area contributed by atoms with Crippen molar-refractivity contribution in [2.45, 2.75) is 24.8 Å². The van der Waals surface area contributed by atoms with Crippen molar-refractivity contribution in [2.75, 3.05) is 13.2 Å². The Bertz CT molecular complexity index is 457. The van der Waals surface area contributed by atoms with Gasteiger partial charge in [-0.3, -0.25) is 19.9 Å². The van der Waals surface area contributed by atoms with Gasteiger partial charge in [0, 0.05) is 25.2 Å². The number of pyridine rings is 1. The molecule has 102 valence electrons. The van der Waals surface area contributed by atoms with Crippen LogP contribution < -0.4 is 11.1 Å². The number of nitrogens with zero attached hydrogens (tertiary/aromatic N) is 1. The maximum atomic E-state index is 11.6. The molecule has 1 fully saturated rings. The molecule has 6 nitrogen and oxygen atoms in total. The van der Waals surface area contributed by atoms with Crippen LogP contribution in [-0.4, -0.2) is 35.6 Å². The Kier molecular flexibility index (Phi) is 4.24. The van der Waals surface area contributed by atoms with Crippen molar-refractivity contribution in [3.8, 4) is 0 Å². The molecule has 0 aliphatic carbocycles. The van der Waals surface area contributed by atoms with Crippen molar-refractivity contribution < 1.29 is 14.3 Å². The zero-order valence-electron chi connectivity index (χ0n) is 10.6. The van der Waals surface area contributed by atoms with Crippen LogP contribution in [0, 0.1) is 0 Å². The highest BCUT2D eigenvalue weighted by atomic mass is 16.5. The van der Waals surface area contributed by atoms with Gasteiger partial charge in [0.15, 0.2) is 0 Å². The summed E-state index contributed by atoms with van der Waals surface area (Å²) in [7, 11) is 0. The topological polar surface area (TPSA) is 94.3 Å². The highest BCUT2D eigenvalue weighted by Gasteiger charge is 2.36. The highest BCUT2D eigenvalue weighted by molar-refractivity contribution is 5.95. The summed E-state index contributed by atoms with van der Waals surface area (Å²) in [5, 5.41) is 2.34. The number of hydrogen-bond acceptors (Lipinski definition) is 5. The summed E-state index contributed by atoms with van der Waals surface area (Å²) < 4.78 is 4.95. The first kappa shape index (κ1) is 13.6. The van der Waals surface area contributed by atoms with E-state index in [4.69, 9.17) is 10.5 Å². The molecular formula is C13H17N3O3. The lowest BCUT2D eigenvalue weighted by molar-refractivity contribution is -0.134. The van der Waals surface area contributed by atoms with E-state index in [1.165, 1.54) is 0 Å². The fourth-order valence-corrected chi connectivity index (χ4v) is 1.85. The molecule has 0 aromatic carbocycles. The third kappa shape index (κ3) is 4.11. The molecule has 1 aromatic rings. The molecule has 19 heavy (non-hydrogen) atoms. The summed E-state index contributed by atoms with van der Waals surface area (Å²) in [4.78, 5) is 27.1. The molecule has 2 heterocycles. The SMILES string of the molecule is NC1(CC(=O)NC(=O)CCc2cccnc2)COC1. The van der Waals surface area contributed by atoms with Gasteiger partial charge in [-0.05, 0) is 18.1 Å². The molecule has 0 atom stereocenters. The molecule has 0 bridgehead atoms. The van der Waals surface area contributed by atoms with Gasteiger partial charge in [0.25, 0.3) is 0 Å². The molecular weight excluding hydrogens is 246 g/mol. The minimum Gasteiger partial charge on any atom is -0.377 e. The van der Waals surface area contributed by atoms with Gasteiger partial charge < -0.3 is 10.5 Å². The van der Waals surface area contributed by atoms with E-state index >= 15 is 0 Å². The van der Waals surface area contributed by atoms with E-state index in [-0.39, 0.29) is 24.7 Å². The summed E-state index contributed by atoms with van der Waals surface area (Å²) in [6, 6.07) is 3.70. The molecule has 1 saturated heterocycles. The lowest BCUT2D eigenvalue weighted by Gasteiger charge is -2.36. The highest BCUT2D eigenvalue weighted by Crippen LogP contribution is 2.17. The fraction of sp³-hybridized carbons (Fsp3) is 0.462. The monoisotopic (exact) mass is 263 g/mol. The number of imide groups is 1. The first-order valence-electron chi connectivity index (χ1n) is 6.16. The van der Waals surface area contributed by atoms with Crippen LogP contribution in [0.5, 0.6) is 0 Å². The second-order valence-electron chi connectivity index (χ2n) is 4.86. The summed E-state index contributed by atoms with van der Waals surface area (Å²) in [6.45, 7) is 0.731. The Labute approximate surface area is 111 Å². The van der Waals surface area contributed by atoms with Gasteiger partial charge in [0.1, 0.15) is 0 Å². The van der Waals surface area contributed by atoms with Gasteiger partial charge in [-0.15, -0.1) is 0 Å². The zero-order chi connectivity index (χ0) is 13.7. The molecule has 0 radical (unpaired) electrons. The summed E-state index contributed by atoms with van der Waals surface area (Å²) in [6.07, 6.45) is 4.31. The van der Waals surface area contributed by atoms with Crippen molar-refractivity contribution in [3.05, 3.63) is 30.1 Å². The van der Waals surface area contributed by atoms with E-state index in [2.05, 4.69) is 10.3 Å². The molecule has 1 aliphatic heterocycles. The van der Waals surface area contributed by atoms with Crippen molar-refractivity contribution in [2.24, 2.45) is 5.73 Å². The number of rotatable bonds is 5. The predicted octanol–water partition coefficient (Wildman–Crippen LogP) is -0.225. The lowest BCUT2D eigenvalue weighted by atomic mass is 9.94. The van der Waals surface area contributed by atoms with Crippen LogP contribution in [0.1, 0.15) is 18.4 Å². The first-order chi connectivity index (χ1) is 9.07. The standard InChI is InChI=1S/C13H17N3O3/c14-13(8-19-9-13)6-12(18)16-11(17)4-3-10-2-1-5-15-7-10/h1-2,5,7H,3-4,6,8-9,14H2,(H,16,17,18). The van der Waals surface area contributed by atoms with Crippen molar-refractivity contribution >= 4 is 11.8 Å². The van der Waals surface area contributed by atoms with E-state index in [0.717, 1.165) is 5.56 Å². The number of aryl methyl sites for hydroxylation is 1. The maximum absolute atomic E-state index is 11.6. The summed E-state index contributed by atoms with van der Waals surface area (Å²) in [5.74, 6) is -0.639. The third-order valence-corrected chi connectivity index (χ3v) is 2.93. The smallest absolute Gasteiger partial charge is 0.228 e. The van der Waals surface area contributed by atoms with Gasteiger partial charge in [0.05, 0.1) is 18.8 Å². The van der Waals surface area contributed by atoms with Gasteiger partial charge in [0.2, 0.25) is 11.8 Å². The van der Waals surface area contributed by atoms with E-state index in [1.807, 2.05) is 12.1 Å². The van der Waals surface area contributed by atoms with Gasteiger partial charge in [-0.2, -0.15) is 0 Å². The second kappa shape index (κ2) is 5.90. The quantitative estimate of drug-likeness (QED) is 0.765. The molecule has 2 rings (SSSR count). The van der Waals surface area contributed by atoms with Crippen LogP contribution >= 0.6 is 0 Å². The van der Waals surface area contributed by atoms with Crippen LogP contribution in [0.25, 0.3) is 0 Å². The number of carbonyl (C=O) groups is 2. The minimum atomic E-state index is -0.603. The number of hydrogen-bond donors (Lipinski definition) is 2. The maximum Gasteiger partial charge on any atom is 0.228 e. The number of ether oxygens (including phenoxy) is 1. The van der Waals surface area contributed by atoms with Gasteiger partial charge in [-0.25, -0.2) is 0 Å². The molecule has 0 saturated carbocycles. The van der Waals surface area contributed by atoms with Crippen LogP contribution in [-0.2, 0) is 20.7 Å². The van der Waals surface area contributed by atoms with E-state index < -0.39 is 5.54 Å². The number of amides is 2. The molecule has 0 spiro atoms. The molecule has 3 N–H and O–H groups in total. The Morgan fingerprint density at radius 1 is 1.42 bits per heavy atom. The van der Waals surface area contributed by atoms with Crippen molar-refractivity contribution in [1.82, 2.24) is 10.3 Å². The molecule has 6 heteroatoms. The van der Waals surface area contributed by atoms with Crippen LogP contribution in [0.3, 0.4) is 0 Å². The third-order valence-electron chi connectivity index (χ3n) is 2.93. The Hall–Kier alpha value is -1.79. The zero-order valence-corrected chi connectivity index (χ0v) is 10.6. The number of nitrogens with one attached hydrogen (secondary N) is 1. The predicted molar refractivity (Wildman–Crippen MR) is 68.1 cm³/mol. The van der Waals surface area contributed by atoms with Gasteiger partial charge in [-0.1, -0.05) is 6.07 Å². The van der Waals surface area contributed by atoms with Crippen LogP contribution in [0.4, 0.5) is 0 Å². The fourth-order valence-electron chi connectivity index (χ4n) is 1.85. The van der Waals surface area contributed by atoms with Crippen molar-refractivity contribution in [1.29, 1.82) is 0 Å². The average Bonchev–Trinajstić information content (AvgIpc) is 2.35. The van der Waals surface area contributed by atoms with E-state index in [1.54, 1.807) is 12.4 Å².